The summed E-state index contributed by atoms with van der Waals surface area (Å²) < 4.78 is 10.1. The Kier molecular flexibility index (Phi) is 2.10. The van der Waals surface area contributed by atoms with E-state index in [9.17, 15) is 0 Å². The average Bonchev–Trinajstić information content (AvgIpc) is 2.69. The summed E-state index contributed by atoms with van der Waals surface area (Å²) in [4.78, 5) is 8.16. The van der Waals surface area contributed by atoms with Gasteiger partial charge in [0.2, 0.25) is 6.17 Å². The van der Waals surface area contributed by atoms with Crippen molar-refractivity contribution >= 4 is 12.0 Å². The van der Waals surface area contributed by atoms with Crippen molar-refractivity contribution in [1.29, 1.82) is 0 Å². The number of methoxy groups -OCH3 is 1. The number of hydrogen-bond acceptors (Lipinski definition) is 6. The van der Waals surface area contributed by atoms with Gasteiger partial charge < -0.3 is 14.9 Å². The molecule has 0 aliphatic carbocycles. The largest absolute Gasteiger partial charge is 0.468 e. The maximum absolute atomic E-state index is 5.53. The Morgan fingerprint density at radius 3 is 3.07 bits per heavy atom. The minimum absolute atomic E-state index is 0.262. The van der Waals surface area contributed by atoms with E-state index >= 15 is 0 Å². The van der Waals surface area contributed by atoms with Crippen LogP contribution in [0.25, 0.3) is 0 Å². The fourth-order valence-corrected chi connectivity index (χ4v) is 1.11. The number of aliphatic imine (C=N–C) groups is 2. The van der Waals surface area contributed by atoms with Crippen LogP contribution < -0.4 is 11.1 Å². The Balaban J connectivity index is 2.27. The molecule has 6 nitrogen and oxygen atoms in total. The van der Waals surface area contributed by atoms with Crippen molar-refractivity contribution in [3.05, 3.63) is 24.2 Å². The fraction of sp³-hybridized carbons (Fsp3) is 0.250. The third kappa shape index (κ3) is 1.54. The summed E-state index contributed by atoms with van der Waals surface area (Å²) in [5.74, 6) is 0.891. The first-order valence-electron chi connectivity index (χ1n) is 4.05. The fourth-order valence-electron chi connectivity index (χ4n) is 1.11. The maximum atomic E-state index is 5.53. The molecule has 2 rings (SSSR count). The van der Waals surface area contributed by atoms with E-state index in [1.807, 2.05) is 0 Å². The zero-order chi connectivity index (χ0) is 9.97. The Labute approximate surface area is 80.5 Å². The molecule has 14 heavy (non-hydrogen) atoms. The van der Waals surface area contributed by atoms with Gasteiger partial charge in [0.15, 0.2) is 11.7 Å². The molecular weight excluding hydrogens is 184 g/mol. The SMILES string of the molecule is COC1=NC(c2ccco2)N=C(N)N1. The van der Waals surface area contributed by atoms with E-state index in [1.54, 1.807) is 18.4 Å². The van der Waals surface area contributed by atoms with Gasteiger partial charge in [-0.2, -0.15) is 4.99 Å². The van der Waals surface area contributed by atoms with Crippen molar-refractivity contribution in [1.82, 2.24) is 5.32 Å². The summed E-state index contributed by atoms with van der Waals surface area (Å²) in [6.07, 6.45) is 1.10. The molecule has 1 aliphatic rings. The van der Waals surface area contributed by atoms with Crippen molar-refractivity contribution in [2.24, 2.45) is 15.7 Å². The molecule has 2 heterocycles. The van der Waals surface area contributed by atoms with E-state index in [0.29, 0.717) is 11.8 Å². The highest BCUT2D eigenvalue weighted by molar-refractivity contribution is 5.96. The third-order valence-electron chi connectivity index (χ3n) is 1.73. The van der Waals surface area contributed by atoms with Crippen molar-refractivity contribution in [3.63, 3.8) is 0 Å². The molecule has 6 heteroatoms. The molecule has 0 saturated carbocycles. The molecule has 1 aromatic rings. The average molecular weight is 194 g/mol. The standard InChI is InChI=1S/C8H10N4O2/c1-13-8-11-6(10-7(9)12-8)5-3-2-4-14-5/h2-4,6H,1H3,(H3,9,10,11,12). The second-order valence-corrected chi connectivity index (χ2v) is 2.67. The number of nitrogens with zero attached hydrogens (tertiary/aromatic N) is 2. The van der Waals surface area contributed by atoms with Crippen LogP contribution >= 0.6 is 0 Å². The van der Waals surface area contributed by atoms with Crippen LogP contribution in [-0.4, -0.2) is 19.1 Å². The summed E-state index contributed by atoms with van der Waals surface area (Å²) in [6.45, 7) is 0. The molecule has 0 aromatic carbocycles. The Bertz CT molecular complexity index is 369. The molecule has 1 unspecified atom stereocenters. The van der Waals surface area contributed by atoms with E-state index in [1.165, 1.54) is 7.11 Å². The summed E-state index contributed by atoms with van der Waals surface area (Å²) in [6, 6.07) is 3.88. The lowest BCUT2D eigenvalue weighted by molar-refractivity contribution is 0.375. The lowest BCUT2D eigenvalue weighted by Crippen LogP contribution is -2.40. The van der Waals surface area contributed by atoms with Crippen LogP contribution in [0, 0.1) is 0 Å². The van der Waals surface area contributed by atoms with Gasteiger partial charge in [0.05, 0.1) is 13.4 Å². The molecule has 1 aliphatic heterocycles. The lowest BCUT2D eigenvalue weighted by Gasteiger charge is -2.15. The van der Waals surface area contributed by atoms with Crippen molar-refractivity contribution in [2.75, 3.05) is 7.11 Å². The highest BCUT2D eigenvalue weighted by Crippen LogP contribution is 2.20. The van der Waals surface area contributed by atoms with Crippen LogP contribution in [-0.2, 0) is 4.74 Å². The van der Waals surface area contributed by atoms with Crippen LogP contribution in [0.1, 0.15) is 11.9 Å². The van der Waals surface area contributed by atoms with E-state index in [2.05, 4.69) is 15.3 Å². The van der Waals surface area contributed by atoms with Gasteiger partial charge in [0.25, 0.3) is 6.02 Å². The number of nitrogens with two attached hydrogens (primary N) is 1. The first-order valence-corrected chi connectivity index (χ1v) is 4.05. The number of furan rings is 1. The molecule has 0 spiro atoms. The van der Waals surface area contributed by atoms with Crippen molar-refractivity contribution in [2.45, 2.75) is 6.17 Å². The number of ether oxygens (including phenoxy) is 1. The van der Waals surface area contributed by atoms with E-state index in [-0.39, 0.29) is 5.96 Å². The zero-order valence-electron chi connectivity index (χ0n) is 7.60. The molecule has 3 N–H and O–H groups in total. The highest BCUT2D eigenvalue weighted by Gasteiger charge is 2.18. The van der Waals surface area contributed by atoms with Gasteiger partial charge in [-0.05, 0) is 12.1 Å². The van der Waals surface area contributed by atoms with E-state index in [0.717, 1.165) is 0 Å². The van der Waals surface area contributed by atoms with Gasteiger partial charge in [0, 0.05) is 0 Å². The van der Waals surface area contributed by atoms with Crippen LogP contribution in [0.4, 0.5) is 0 Å². The second-order valence-electron chi connectivity index (χ2n) is 2.67. The predicted octanol–water partition coefficient (Wildman–Crippen LogP) is 0.199. The summed E-state index contributed by atoms with van der Waals surface area (Å²) >= 11 is 0. The Hall–Kier alpha value is -1.98. The van der Waals surface area contributed by atoms with Crippen LogP contribution in [0.5, 0.6) is 0 Å². The highest BCUT2D eigenvalue weighted by atomic mass is 16.5. The molecule has 0 fully saturated rings. The molecule has 0 radical (unpaired) electrons. The van der Waals surface area contributed by atoms with Gasteiger partial charge in [-0.1, -0.05) is 0 Å². The van der Waals surface area contributed by atoms with Gasteiger partial charge >= 0.3 is 0 Å². The smallest absolute Gasteiger partial charge is 0.293 e. The van der Waals surface area contributed by atoms with Crippen molar-refractivity contribution in [3.8, 4) is 0 Å². The van der Waals surface area contributed by atoms with Gasteiger partial charge in [-0.3, -0.25) is 5.32 Å². The van der Waals surface area contributed by atoms with Crippen molar-refractivity contribution < 1.29 is 9.15 Å². The summed E-state index contributed by atoms with van der Waals surface area (Å²) in [5, 5.41) is 2.67. The Morgan fingerprint density at radius 1 is 1.57 bits per heavy atom. The first-order chi connectivity index (χ1) is 6.79. The molecular formula is C8H10N4O2. The number of rotatable bonds is 1. The molecule has 0 bridgehead atoms. The maximum Gasteiger partial charge on any atom is 0.293 e. The predicted molar refractivity (Wildman–Crippen MR) is 50.7 cm³/mol. The first kappa shape index (κ1) is 8.61. The summed E-state index contributed by atoms with van der Waals surface area (Å²) in [7, 11) is 1.50. The number of hydrogen-bond donors (Lipinski definition) is 2. The van der Waals surface area contributed by atoms with E-state index < -0.39 is 6.17 Å². The number of amidine groups is 1. The zero-order valence-corrected chi connectivity index (χ0v) is 7.60. The Morgan fingerprint density at radius 2 is 2.43 bits per heavy atom. The molecule has 74 valence electrons. The number of guanidine groups is 1. The van der Waals surface area contributed by atoms with Gasteiger partial charge in [0.1, 0.15) is 0 Å². The molecule has 1 aromatic heterocycles. The lowest BCUT2D eigenvalue weighted by atomic mass is 10.4. The normalized spacial score (nSPS) is 20.8. The second kappa shape index (κ2) is 3.41. The third-order valence-corrected chi connectivity index (χ3v) is 1.73. The molecule has 1 atom stereocenters. The molecule has 0 saturated heterocycles. The van der Waals surface area contributed by atoms with Gasteiger partial charge in [-0.15, -0.1) is 0 Å². The minimum Gasteiger partial charge on any atom is -0.468 e. The van der Waals surface area contributed by atoms with Crippen LogP contribution in [0.2, 0.25) is 0 Å². The summed E-state index contributed by atoms with van der Waals surface area (Å²) in [5.41, 5.74) is 5.53. The van der Waals surface area contributed by atoms with E-state index in [4.69, 9.17) is 14.9 Å². The monoisotopic (exact) mass is 194 g/mol. The quantitative estimate of drug-likeness (QED) is 0.668. The van der Waals surface area contributed by atoms with Crippen LogP contribution in [0.3, 0.4) is 0 Å². The van der Waals surface area contributed by atoms with Gasteiger partial charge in [-0.25, -0.2) is 4.99 Å². The van der Waals surface area contributed by atoms with Crippen LogP contribution in [0.15, 0.2) is 32.8 Å². The topological polar surface area (TPSA) is 85.1 Å². The number of nitrogens with one attached hydrogen (secondary N) is 1. The molecule has 0 amide bonds. The minimum atomic E-state index is -0.457.